The summed E-state index contributed by atoms with van der Waals surface area (Å²) < 4.78 is 0. The molecule has 0 spiro atoms. The van der Waals surface area contributed by atoms with Crippen LogP contribution in [0.15, 0.2) is 0 Å². The fourth-order valence-electron chi connectivity index (χ4n) is 0.889. The Kier molecular flexibility index (Phi) is 2.80. The zero-order chi connectivity index (χ0) is 10.7. The van der Waals surface area contributed by atoms with E-state index < -0.39 is 12.0 Å². The quantitative estimate of drug-likeness (QED) is 0.689. The van der Waals surface area contributed by atoms with Crippen molar-refractivity contribution in [3.8, 4) is 0 Å². The van der Waals surface area contributed by atoms with Gasteiger partial charge >= 0.3 is 12.0 Å². The third-order valence-corrected chi connectivity index (χ3v) is 1.49. The molecule has 7 nitrogen and oxygen atoms in total. The Morgan fingerprint density at radius 2 is 2.14 bits per heavy atom. The molecule has 0 aliphatic rings. The first-order chi connectivity index (χ1) is 6.56. The molecule has 0 saturated heterocycles. The molecule has 0 atom stereocenters. The van der Waals surface area contributed by atoms with Crippen molar-refractivity contribution in [2.75, 3.05) is 6.54 Å². The Morgan fingerprint density at radius 3 is 2.57 bits per heavy atom. The Hall–Kier alpha value is -1.92. The van der Waals surface area contributed by atoms with Crippen LogP contribution in [-0.4, -0.2) is 38.6 Å². The van der Waals surface area contributed by atoms with Crippen molar-refractivity contribution in [3.05, 3.63) is 11.4 Å². The zero-order valence-corrected chi connectivity index (χ0v) is 7.81. The molecular weight excluding hydrogens is 188 g/mol. The number of amides is 1. The van der Waals surface area contributed by atoms with Gasteiger partial charge in [0.05, 0.1) is 5.69 Å². The van der Waals surface area contributed by atoms with Gasteiger partial charge < -0.3 is 10.4 Å². The first-order valence-electron chi connectivity index (χ1n) is 4.01. The van der Waals surface area contributed by atoms with Crippen molar-refractivity contribution in [2.45, 2.75) is 13.8 Å². The molecule has 2 N–H and O–H groups in total. The van der Waals surface area contributed by atoms with E-state index in [1.807, 2.05) is 0 Å². The third-order valence-electron chi connectivity index (χ3n) is 1.49. The van der Waals surface area contributed by atoms with E-state index in [4.69, 9.17) is 5.11 Å². The SMILES string of the molecule is CCNC(=O)n1nc(C)c(C(=O)O)n1. The molecule has 0 fully saturated rings. The van der Waals surface area contributed by atoms with Gasteiger partial charge in [0.25, 0.3) is 0 Å². The van der Waals surface area contributed by atoms with E-state index in [0.717, 1.165) is 4.80 Å². The molecule has 7 heteroatoms. The first-order valence-corrected chi connectivity index (χ1v) is 4.01. The average molecular weight is 198 g/mol. The summed E-state index contributed by atoms with van der Waals surface area (Å²) in [6, 6.07) is -0.539. The van der Waals surface area contributed by atoms with Crippen molar-refractivity contribution in [1.29, 1.82) is 0 Å². The second kappa shape index (κ2) is 3.86. The number of aromatic nitrogens is 3. The van der Waals surface area contributed by atoms with Crippen LogP contribution in [-0.2, 0) is 0 Å². The molecule has 1 heterocycles. The van der Waals surface area contributed by atoms with Crippen LogP contribution < -0.4 is 5.32 Å². The molecule has 0 bridgehead atoms. The number of nitrogens with one attached hydrogen (secondary N) is 1. The Balaban J connectivity index is 2.96. The maximum Gasteiger partial charge on any atom is 0.359 e. The summed E-state index contributed by atoms with van der Waals surface area (Å²) in [6.45, 7) is 3.65. The number of carboxylic acid groups (broad SMARTS) is 1. The number of hydrogen-bond acceptors (Lipinski definition) is 4. The average Bonchev–Trinajstić information content (AvgIpc) is 2.48. The second-order valence-corrected chi connectivity index (χ2v) is 2.56. The normalized spacial score (nSPS) is 9.86. The van der Waals surface area contributed by atoms with E-state index in [1.54, 1.807) is 6.92 Å². The smallest absolute Gasteiger partial charge is 0.359 e. The Morgan fingerprint density at radius 1 is 1.50 bits per heavy atom. The lowest BCUT2D eigenvalue weighted by Crippen LogP contribution is -2.30. The van der Waals surface area contributed by atoms with Gasteiger partial charge in [0, 0.05) is 6.54 Å². The topological polar surface area (TPSA) is 97.1 Å². The lowest BCUT2D eigenvalue weighted by Gasteiger charge is -1.97. The molecular formula is C7H10N4O3. The van der Waals surface area contributed by atoms with Crippen molar-refractivity contribution >= 4 is 12.0 Å². The first kappa shape index (κ1) is 10.2. The minimum atomic E-state index is -1.20. The van der Waals surface area contributed by atoms with Gasteiger partial charge in [0.1, 0.15) is 0 Å². The van der Waals surface area contributed by atoms with E-state index in [2.05, 4.69) is 15.5 Å². The van der Waals surface area contributed by atoms with Crippen LogP contribution >= 0.6 is 0 Å². The van der Waals surface area contributed by atoms with Crippen molar-refractivity contribution in [3.63, 3.8) is 0 Å². The van der Waals surface area contributed by atoms with Crippen LogP contribution in [0.4, 0.5) is 4.79 Å². The van der Waals surface area contributed by atoms with Gasteiger partial charge in [-0.2, -0.15) is 0 Å². The van der Waals surface area contributed by atoms with Crippen LogP contribution in [0.25, 0.3) is 0 Å². The molecule has 1 rings (SSSR count). The summed E-state index contributed by atoms with van der Waals surface area (Å²) in [5.74, 6) is -1.20. The minimum Gasteiger partial charge on any atom is -0.476 e. The van der Waals surface area contributed by atoms with Gasteiger partial charge in [-0.05, 0) is 13.8 Å². The van der Waals surface area contributed by atoms with E-state index in [0.29, 0.717) is 6.54 Å². The minimum absolute atomic E-state index is 0.212. The standard InChI is InChI=1S/C7H10N4O3/c1-3-8-7(14)11-9-4(2)5(10-11)6(12)13/h3H2,1-2H3,(H,8,14)(H,12,13). The van der Waals surface area contributed by atoms with Gasteiger partial charge in [-0.25, -0.2) is 9.59 Å². The Labute approximate surface area is 79.7 Å². The largest absolute Gasteiger partial charge is 0.476 e. The van der Waals surface area contributed by atoms with Crippen LogP contribution in [0, 0.1) is 6.92 Å². The highest BCUT2D eigenvalue weighted by molar-refractivity contribution is 5.87. The number of carbonyl (C=O) groups is 2. The summed E-state index contributed by atoms with van der Waals surface area (Å²) >= 11 is 0. The van der Waals surface area contributed by atoms with Gasteiger partial charge in [-0.1, -0.05) is 4.80 Å². The number of hydrogen-bond donors (Lipinski definition) is 2. The molecule has 0 unspecified atom stereocenters. The van der Waals surface area contributed by atoms with Crippen LogP contribution in [0.1, 0.15) is 23.1 Å². The predicted octanol–water partition coefficient (Wildman–Crippen LogP) is -0.138. The lowest BCUT2D eigenvalue weighted by molar-refractivity contribution is 0.0689. The van der Waals surface area contributed by atoms with Crippen molar-refractivity contribution in [1.82, 2.24) is 20.3 Å². The highest BCUT2D eigenvalue weighted by Gasteiger charge is 2.16. The fourth-order valence-corrected chi connectivity index (χ4v) is 0.889. The number of carboxylic acids is 1. The molecule has 1 aromatic heterocycles. The van der Waals surface area contributed by atoms with Gasteiger partial charge in [-0.3, -0.25) is 0 Å². The van der Waals surface area contributed by atoms with E-state index in [1.165, 1.54) is 6.92 Å². The third kappa shape index (κ3) is 1.87. The van der Waals surface area contributed by atoms with Gasteiger partial charge in [0.2, 0.25) is 0 Å². The molecule has 0 radical (unpaired) electrons. The number of carbonyl (C=O) groups excluding carboxylic acids is 1. The van der Waals surface area contributed by atoms with E-state index >= 15 is 0 Å². The van der Waals surface area contributed by atoms with Gasteiger partial charge in [-0.15, -0.1) is 10.2 Å². The van der Waals surface area contributed by atoms with Crippen LogP contribution in [0.2, 0.25) is 0 Å². The molecule has 0 aromatic carbocycles. The molecule has 0 aliphatic heterocycles. The fraction of sp³-hybridized carbons (Fsp3) is 0.429. The molecule has 1 aromatic rings. The van der Waals surface area contributed by atoms with Crippen molar-refractivity contribution in [2.24, 2.45) is 0 Å². The monoisotopic (exact) mass is 198 g/mol. The van der Waals surface area contributed by atoms with Crippen LogP contribution in [0.3, 0.4) is 0 Å². The molecule has 0 aliphatic carbocycles. The summed E-state index contributed by atoms with van der Waals surface area (Å²) in [6.07, 6.45) is 0. The summed E-state index contributed by atoms with van der Waals surface area (Å²) in [7, 11) is 0. The Bertz CT molecular complexity index is 371. The molecule has 1 amide bonds. The number of nitrogens with zero attached hydrogens (tertiary/aromatic N) is 3. The molecule has 0 saturated carbocycles. The predicted molar refractivity (Wildman–Crippen MR) is 46.2 cm³/mol. The van der Waals surface area contributed by atoms with E-state index in [-0.39, 0.29) is 11.4 Å². The summed E-state index contributed by atoms with van der Waals surface area (Å²) in [5, 5.41) is 18.3. The molecule has 14 heavy (non-hydrogen) atoms. The highest BCUT2D eigenvalue weighted by Crippen LogP contribution is 1.99. The summed E-state index contributed by atoms with van der Waals surface area (Å²) in [4.78, 5) is 22.5. The molecule has 76 valence electrons. The highest BCUT2D eigenvalue weighted by atomic mass is 16.4. The van der Waals surface area contributed by atoms with E-state index in [9.17, 15) is 9.59 Å². The summed E-state index contributed by atoms with van der Waals surface area (Å²) in [5.41, 5.74) is 0.00000567. The lowest BCUT2D eigenvalue weighted by atomic mass is 10.4. The zero-order valence-electron chi connectivity index (χ0n) is 7.81. The van der Waals surface area contributed by atoms with Crippen molar-refractivity contribution < 1.29 is 14.7 Å². The van der Waals surface area contributed by atoms with Crippen LogP contribution in [0.5, 0.6) is 0 Å². The van der Waals surface area contributed by atoms with Gasteiger partial charge in [0.15, 0.2) is 5.69 Å². The number of rotatable bonds is 2. The maximum absolute atomic E-state index is 11.2. The number of aryl methyl sites for hydroxylation is 1. The number of aromatic carboxylic acids is 1. The second-order valence-electron chi connectivity index (χ2n) is 2.56. The maximum atomic E-state index is 11.2.